The fourth-order valence-corrected chi connectivity index (χ4v) is 7.31. The summed E-state index contributed by atoms with van der Waals surface area (Å²) in [6, 6.07) is 1.53. The van der Waals surface area contributed by atoms with Crippen LogP contribution in [0.15, 0.2) is 14.7 Å². The van der Waals surface area contributed by atoms with Gasteiger partial charge in [0.2, 0.25) is 10.0 Å². The summed E-state index contributed by atoms with van der Waals surface area (Å²) < 4.78 is 28.4. The van der Waals surface area contributed by atoms with E-state index in [1.54, 1.807) is 11.8 Å². The maximum atomic E-state index is 12.5. The van der Waals surface area contributed by atoms with Crippen molar-refractivity contribution in [2.75, 3.05) is 6.26 Å². The molecule has 0 amide bonds. The molecule has 114 valence electrons. The summed E-state index contributed by atoms with van der Waals surface area (Å²) in [5.74, 6) is 0. The SMILES string of the molecule is CSC1CCCCC1NS(=O)(=O)c1cc(CO)sc1Br. The summed E-state index contributed by atoms with van der Waals surface area (Å²) in [6.45, 7) is -0.143. The Bertz CT molecular complexity index is 558. The standard InChI is InChI=1S/C12H18BrNO3S3/c1-18-10-5-3-2-4-9(10)14-20(16,17)11-6-8(7-15)19-12(11)13/h6,9-10,14-15H,2-5,7H2,1H3. The molecule has 0 spiro atoms. The lowest BCUT2D eigenvalue weighted by Crippen LogP contribution is -2.43. The molecule has 0 aromatic carbocycles. The van der Waals surface area contributed by atoms with Gasteiger partial charge in [-0.25, -0.2) is 13.1 Å². The van der Waals surface area contributed by atoms with Crippen molar-refractivity contribution in [1.29, 1.82) is 0 Å². The Morgan fingerprint density at radius 3 is 2.80 bits per heavy atom. The van der Waals surface area contributed by atoms with Crippen LogP contribution in [0, 0.1) is 0 Å². The molecule has 20 heavy (non-hydrogen) atoms. The number of rotatable bonds is 5. The monoisotopic (exact) mass is 399 g/mol. The Hall–Kier alpha value is 0.400. The molecule has 1 aromatic rings. The molecule has 2 atom stereocenters. The molecular weight excluding hydrogens is 382 g/mol. The molecule has 0 bridgehead atoms. The molecule has 1 aliphatic rings. The zero-order chi connectivity index (χ0) is 14.8. The molecule has 0 aliphatic heterocycles. The Balaban J connectivity index is 2.19. The summed E-state index contributed by atoms with van der Waals surface area (Å²) >= 11 is 6.25. The smallest absolute Gasteiger partial charge is 0.242 e. The van der Waals surface area contributed by atoms with Gasteiger partial charge in [0.05, 0.1) is 10.4 Å². The average Bonchev–Trinajstić information content (AvgIpc) is 2.81. The highest BCUT2D eigenvalue weighted by Gasteiger charge is 2.30. The van der Waals surface area contributed by atoms with Gasteiger partial charge in [0.1, 0.15) is 4.90 Å². The van der Waals surface area contributed by atoms with Crippen molar-refractivity contribution in [1.82, 2.24) is 4.72 Å². The third-order valence-corrected chi connectivity index (χ3v) is 8.36. The summed E-state index contributed by atoms with van der Waals surface area (Å²) in [7, 11) is -3.53. The topological polar surface area (TPSA) is 66.4 Å². The fourth-order valence-electron chi connectivity index (χ4n) is 2.44. The van der Waals surface area contributed by atoms with Crippen LogP contribution in [0.25, 0.3) is 0 Å². The molecule has 4 nitrogen and oxygen atoms in total. The Morgan fingerprint density at radius 2 is 2.20 bits per heavy atom. The molecule has 2 rings (SSSR count). The second-order valence-electron chi connectivity index (χ2n) is 4.80. The van der Waals surface area contributed by atoms with Gasteiger partial charge in [-0.1, -0.05) is 12.8 Å². The maximum absolute atomic E-state index is 12.5. The van der Waals surface area contributed by atoms with Crippen molar-refractivity contribution in [2.45, 2.75) is 48.5 Å². The molecule has 1 saturated carbocycles. The van der Waals surface area contributed by atoms with Gasteiger partial charge in [-0.2, -0.15) is 11.8 Å². The van der Waals surface area contributed by atoms with Crippen LogP contribution in [-0.4, -0.2) is 31.1 Å². The highest BCUT2D eigenvalue weighted by atomic mass is 79.9. The van der Waals surface area contributed by atoms with Gasteiger partial charge < -0.3 is 5.11 Å². The highest BCUT2D eigenvalue weighted by Crippen LogP contribution is 2.33. The van der Waals surface area contributed by atoms with Gasteiger partial charge in [-0.3, -0.25) is 0 Å². The van der Waals surface area contributed by atoms with Gasteiger partial charge in [-0.15, -0.1) is 11.3 Å². The Kier molecular flexibility index (Phi) is 5.96. The third kappa shape index (κ3) is 3.78. The van der Waals surface area contributed by atoms with Gasteiger partial charge in [0, 0.05) is 16.2 Å². The molecule has 2 unspecified atom stereocenters. The van der Waals surface area contributed by atoms with E-state index in [-0.39, 0.29) is 17.5 Å². The molecule has 1 fully saturated rings. The minimum atomic E-state index is -3.53. The molecule has 0 radical (unpaired) electrons. The molecule has 0 saturated heterocycles. The van der Waals surface area contributed by atoms with Crippen molar-refractivity contribution in [2.24, 2.45) is 0 Å². The minimum Gasteiger partial charge on any atom is -0.391 e. The van der Waals surface area contributed by atoms with Crippen LogP contribution in [0.1, 0.15) is 30.6 Å². The van der Waals surface area contributed by atoms with Crippen LogP contribution >= 0.6 is 39.0 Å². The van der Waals surface area contributed by atoms with Gasteiger partial charge in [0.25, 0.3) is 0 Å². The van der Waals surface area contributed by atoms with Crippen LogP contribution < -0.4 is 4.72 Å². The molecule has 8 heteroatoms. The van der Waals surface area contributed by atoms with E-state index < -0.39 is 10.0 Å². The first kappa shape index (κ1) is 16.8. The van der Waals surface area contributed by atoms with Crippen LogP contribution in [0.3, 0.4) is 0 Å². The van der Waals surface area contributed by atoms with Gasteiger partial charge in [-0.05, 0) is 41.1 Å². The highest BCUT2D eigenvalue weighted by molar-refractivity contribution is 9.11. The molecule has 1 aromatic heterocycles. The van der Waals surface area contributed by atoms with Gasteiger partial charge >= 0.3 is 0 Å². The first-order chi connectivity index (χ1) is 9.47. The maximum Gasteiger partial charge on any atom is 0.242 e. The molecule has 2 N–H and O–H groups in total. The largest absolute Gasteiger partial charge is 0.391 e. The Labute approximate surface area is 136 Å². The summed E-state index contributed by atoms with van der Waals surface area (Å²) in [5, 5.41) is 9.45. The number of sulfonamides is 1. The fraction of sp³-hybridized carbons (Fsp3) is 0.667. The van der Waals surface area contributed by atoms with Crippen molar-refractivity contribution in [3.05, 3.63) is 14.7 Å². The number of hydrogen-bond donors (Lipinski definition) is 2. The number of aliphatic hydroxyl groups excluding tert-OH is 1. The van der Waals surface area contributed by atoms with Crippen LogP contribution in [0.5, 0.6) is 0 Å². The van der Waals surface area contributed by atoms with E-state index >= 15 is 0 Å². The number of thioether (sulfide) groups is 1. The van der Waals surface area contributed by atoms with E-state index in [4.69, 9.17) is 5.11 Å². The van der Waals surface area contributed by atoms with Gasteiger partial charge in [0.15, 0.2) is 0 Å². The van der Waals surface area contributed by atoms with Crippen LogP contribution in [0.4, 0.5) is 0 Å². The number of halogens is 1. The third-order valence-electron chi connectivity index (χ3n) is 3.46. The summed E-state index contributed by atoms with van der Waals surface area (Å²) in [6.07, 6.45) is 6.21. The minimum absolute atomic E-state index is 0.00636. The molecule has 1 heterocycles. The Morgan fingerprint density at radius 1 is 1.50 bits per heavy atom. The van der Waals surface area contributed by atoms with E-state index in [0.29, 0.717) is 13.9 Å². The van der Waals surface area contributed by atoms with Crippen molar-refractivity contribution >= 4 is 49.1 Å². The number of aliphatic hydroxyl groups is 1. The number of hydrogen-bond acceptors (Lipinski definition) is 5. The predicted molar refractivity (Wildman–Crippen MR) is 87.8 cm³/mol. The van der Waals surface area contributed by atoms with Crippen molar-refractivity contribution < 1.29 is 13.5 Å². The van der Waals surface area contributed by atoms with E-state index in [2.05, 4.69) is 20.7 Å². The van der Waals surface area contributed by atoms with E-state index in [0.717, 1.165) is 19.3 Å². The lowest BCUT2D eigenvalue weighted by Gasteiger charge is -2.30. The van der Waals surface area contributed by atoms with E-state index in [1.807, 2.05) is 6.26 Å². The summed E-state index contributed by atoms with van der Waals surface area (Å²) in [5.41, 5.74) is 0. The lowest BCUT2D eigenvalue weighted by molar-refractivity contribution is 0.285. The second kappa shape index (κ2) is 7.11. The zero-order valence-corrected chi connectivity index (χ0v) is 15.2. The lowest BCUT2D eigenvalue weighted by atomic mass is 9.96. The van der Waals surface area contributed by atoms with Crippen LogP contribution in [-0.2, 0) is 16.6 Å². The van der Waals surface area contributed by atoms with Crippen molar-refractivity contribution in [3.8, 4) is 0 Å². The molecular formula is C12H18BrNO3S3. The first-order valence-corrected chi connectivity index (χ1v) is 10.8. The summed E-state index contributed by atoms with van der Waals surface area (Å²) in [4.78, 5) is 0.874. The van der Waals surface area contributed by atoms with Crippen molar-refractivity contribution in [3.63, 3.8) is 0 Å². The number of nitrogens with one attached hydrogen (secondary N) is 1. The van der Waals surface area contributed by atoms with E-state index in [1.165, 1.54) is 23.8 Å². The van der Waals surface area contributed by atoms with E-state index in [9.17, 15) is 8.42 Å². The normalized spacial score (nSPS) is 23.9. The second-order valence-corrected chi connectivity index (χ2v) is 10.0. The zero-order valence-electron chi connectivity index (χ0n) is 11.1. The first-order valence-electron chi connectivity index (χ1n) is 6.42. The number of thiophene rings is 1. The quantitative estimate of drug-likeness (QED) is 0.798. The average molecular weight is 400 g/mol. The molecule has 1 aliphatic carbocycles. The predicted octanol–water partition coefficient (Wildman–Crippen LogP) is 2.96. The van der Waals surface area contributed by atoms with Crippen LogP contribution in [0.2, 0.25) is 0 Å².